The molecular formula is C11H23N. The quantitative estimate of drug-likeness (QED) is 0.670. The molecule has 1 fully saturated rings. The largest absolute Gasteiger partial charge is 0.312 e. The molecule has 1 rings (SSSR count). The maximum atomic E-state index is 3.64. The monoisotopic (exact) mass is 169 g/mol. The summed E-state index contributed by atoms with van der Waals surface area (Å²) in [6.45, 7) is 9.26. The number of rotatable bonds is 2. The first-order valence-electron chi connectivity index (χ1n) is 5.26. The first-order valence-corrected chi connectivity index (χ1v) is 5.26. The van der Waals surface area contributed by atoms with Crippen LogP contribution in [-0.2, 0) is 0 Å². The van der Waals surface area contributed by atoms with E-state index in [2.05, 4.69) is 33.0 Å². The van der Waals surface area contributed by atoms with Crippen molar-refractivity contribution in [1.82, 2.24) is 5.32 Å². The zero-order valence-corrected chi connectivity index (χ0v) is 8.98. The van der Waals surface area contributed by atoms with Gasteiger partial charge in [-0.05, 0) is 24.7 Å². The first kappa shape index (κ1) is 10.0. The van der Waals surface area contributed by atoms with Gasteiger partial charge in [-0.15, -0.1) is 0 Å². The smallest absolute Gasteiger partial charge is 0.00745 e. The van der Waals surface area contributed by atoms with Crippen LogP contribution in [0, 0.1) is 5.41 Å². The molecule has 1 N–H and O–H groups in total. The fraction of sp³-hybridized carbons (Fsp3) is 1.00. The van der Waals surface area contributed by atoms with E-state index in [1.54, 1.807) is 0 Å². The third-order valence-corrected chi connectivity index (χ3v) is 2.77. The lowest BCUT2D eigenvalue weighted by Gasteiger charge is -2.36. The highest BCUT2D eigenvalue weighted by Gasteiger charge is 2.27. The van der Waals surface area contributed by atoms with Gasteiger partial charge in [-0.25, -0.2) is 0 Å². The Morgan fingerprint density at radius 1 is 1.33 bits per heavy atom. The molecule has 0 heterocycles. The van der Waals surface area contributed by atoms with E-state index in [0.29, 0.717) is 11.5 Å². The second-order valence-electron chi connectivity index (χ2n) is 5.28. The minimum absolute atomic E-state index is 0.574. The van der Waals surface area contributed by atoms with Crippen LogP contribution in [0.3, 0.4) is 0 Å². The van der Waals surface area contributed by atoms with E-state index in [1.807, 2.05) is 0 Å². The van der Waals surface area contributed by atoms with Crippen molar-refractivity contribution in [2.24, 2.45) is 5.41 Å². The predicted octanol–water partition coefficient (Wildman–Crippen LogP) is 2.95. The third kappa shape index (κ3) is 3.14. The zero-order valence-electron chi connectivity index (χ0n) is 8.98. The van der Waals surface area contributed by atoms with Crippen molar-refractivity contribution in [3.8, 4) is 0 Å². The van der Waals surface area contributed by atoms with Crippen molar-refractivity contribution in [3.63, 3.8) is 0 Å². The summed E-state index contributed by atoms with van der Waals surface area (Å²) in [5.41, 5.74) is 0.574. The molecule has 0 aliphatic heterocycles. The lowest BCUT2D eigenvalue weighted by molar-refractivity contribution is 0.192. The van der Waals surface area contributed by atoms with Gasteiger partial charge in [-0.2, -0.15) is 0 Å². The molecule has 0 saturated heterocycles. The molecule has 12 heavy (non-hydrogen) atoms. The van der Waals surface area contributed by atoms with Crippen molar-refractivity contribution < 1.29 is 0 Å². The van der Waals surface area contributed by atoms with Gasteiger partial charge in [-0.3, -0.25) is 0 Å². The van der Waals surface area contributed by atoms with Gasteiger partial charge in [0.1, 0.15) is 0 Å². The molecule has 1 unspecified atom stereocenters. The Kier molecular flexibility index (Phi) is 3.16. The molecule has 0 radical (unpaired) electrons. The lowest BCUT2D eigenvalue weighted by Crippen LogP contribution is -2.40. The molecule has 1 nitrogen and oxygen atoms in total. The normalized spacial score (nSPS) is 29.2. The maximum absolute atomic E-state index is 3.64. The summed E-state index contributed by atoms with van der Waals surface area (Å²) in [6.07, 6.45) is 5.54. The second-order valence-corrected chi connectivity index (χ2v) is 5.28. The summed E-state index contributed by atoms with van der Waals surface area (Å²) >= 11 is 0. The topological polar surface area (TPSA) is 12.0 Å². The van der Waals surface area contributed by atoms with Crippen molar-refractivity contribution in [3.05, 3.63) is 0 Å². The summed E-state index contributed by atoms with van der Waals surface area (Å²) in [5, 5.41) is 3.64. The molecule has 0 bridgehead atoms. The minimum atomic E-state index is 0.574. The van der Waals surface area contributed by atoms with E-state index >= 15 is 0 Å². The van der Waals surface area contributed by atoms with Crippen LogP contribution in [0.1, 0.15) is 53.4 Å². The molecule has 1 saturated carbocycles. The van der Waals surface area contributed by atoms with Crippen LogP contribution in [0.4, 0.5) is 0 Å². The van der Waals surface area contributed by atoms with Gasteiger partial charge < -0.3 is 5.32 Å². The van der Waals surface area contributed by atoms with E-state index in [-0.39, 0.29) is 0 Å². The number of hydrogen-bond donors (Lipinski definition) is 1. The molecular weight excluding hydrogens is 146 g/mol. The summed E-state index contributed by atoms with van der Waals surface area (Å²) in [5.74, 6) is 0. The Balaban J connectivity index is 2.36. The Morgan fingerprint density at radius 2 is 2.00 bits per heavy atom. The van der Waals surface area contributed by atoms with Crippen molar-refractivity contribution >= 4 is 0 Å². The molecule has 0 aromatic carbocycles. The van der Waals surface area contributed by atoms with Gasteiger partial charge in [0.15, 0.2) is 0 Å². The van der Waals surface area contributed by atoms with Crippen LogP contribution < -0.4 is 5.32 Å². The highest BCUT2D eigenvalue weighted by atomic mass is 14.9. The summed E-state index contributed by atoms with van der Waals surface area (Å²) in [6, 6.07) is 1.41. The average molecular weight is 169 g/mol. The van der Waals surface area contributed by atoms with E-state index in [9.17, 15) is 0 Å². The van der Waals surface area contributed by atoms with Crippen LogP contribution in [0.15, 0.2) is 0 Å². The van der Waals surface area contributed by atoms with Crippen molar-refractivity contribution in [2.45, 2.75) is 65.5 Å². The Hall–Kier alpha value is -0.0400. The van der Waals surface area contributed by atoms with E-state index in [4.69, 9.17) is 0 Å². The summed E-state index contributed by atoms with van der Waals surface area (Å²) in [7, 11) is 0. The van der Waals surface area contributed by atoms with Crippen LogP contribution in [0.25, 0.3) is 0 Å². The fourth-order valence-electron chi connectivity index (χ4n) is 2.31. The average Bonchev–Trinajstić information content (AvgIpc) is 1.82. The zero-order chi connectivity index (χ0) is 9.19. The van der Waals surface area contributed by atoms with Gasteiger partial charge in [0.05, 0.1) is 0 Å². The minimum Gasteiger partial charge on any atom is -0.312 e. The molecule has 1 aliphatic rings. The Morgan fingerprint density at radius 3 is 2.50 bits per heavy atom. The van der Waals surface area contributed by atoms with Crippen LogP contribution in [0.2, 0.25) is 0 Å². The molecule has 0 amide bonds. The van der Waals surface area contributed by atoms with Gasteiger partial charge in [0, 0.05) is 12.1 Å². The molecule has 72 valence electrons. The second kappa shape index (κ2) is 3.78. The highest BCUT2D eigenvalue weighted by molar-refractivity contribution is 4.83. The van der Waals surface area contributed by atoms with E-state index in [1.165, 1.54) is 25.7 Å². The number of nitrogens with one attached hydrogen (secondary N) is 1. The lowest BCUT2D eigenvalue weighted by atomic mass is 9.75. The summed E-state index contributed by atoms with van der Waals surface area (Å²) in [4.78, 5) is 0. The Labute approximate surface area is 76.9 Å². The summed E-state index contributed by atoms with van der Waals surface area (Å²) < 4.78 is 0. The van der Waals surface area contributed by atoms with Crippen molar-refractivity contribution in [1.29, 1.82) is 0 Å². The SMILES string of the molecule is CC(C)NC1CCCC(C)(C)C1. The predicted molar refractivity (Wildman–Crippen MR) is 54.3 cm³/mol. The van der Waals surface area contributed by atoms with Crippen molar-refractivity contribution in [2.75, 3.05) is 0 Å². The molecule has 0 aromatic heterocycles. The Bertz CT molecular complexity index is 138. The molecule has 0 aromatic rings. The highest BCUT2D eigenvalue weighted by Crippen LogP contribution is 2.35. The molecule has 1 heteroatoms. The maximum Gasteiger partial charge on any atom is 0.00745 e. The number of hydrogen-bond acceptors (Lipinski definition) is 1. The van der Waals surface area contributed by atoms with Gasteiger partial charge in [-0.1, -0.05) is 34.1 Å². The third-order valence-electron chi connectivity index (χ3n) is 2.77. The molecule has 1 atom stereocenters. The first-order chi connectivity index (χ1) is 5.49. The van der Waals surface area contributed by atoms with Crippen LogP contribution >= 0.6 is 0 Å². The standard InChI is InChI=1S/C11H23N/c1-9(2)12-10-6-5-7-11(3,4)8-10/h9-10,12H,5-8H2,1-4H3. The van der Waals surface area contributed by atoms with Gasteiger partial charge in [0.25, 0.3) is 0 Å². The van der Waals surface area contributed by atoms with Crippen LogP contribution in [-0.4, -0.2) is 12.1 Å². The molecule has 0 spiro atoms. The van der Waals surface area contributed by atoms with E-state index in [0.717, 1.165) is 6.04 Å². The van der Waals surface area contributed by atoms with Gasteiger partial charge in [0.2, 0.25) is 0 Å². The van der Waals surface area contributed by atoms with Gasteiger partial charge >= 0.3 is 0 Å². The molecule has 1 aliphatic carbocycles. The fourth-order valence-corrected chi connectivity index (χ4v) is 2.31. The van der Waals surface area contributed by atoms with Crippen LogP contribution in [0.5, 0.6) is 0 Å². The van der Waals surface area contributed by atoms with E-state index < -0.39 is 0 Å².